The molecule has 0 spiro atoms. The van der Waals surface area contributed by atoms with Crippen LogP contribution in [0.2, 0.25) is 0 Å². The lowest BCUT2D eigenvalue weighted by atomic mass is 9.99. The summed E-state index contributed by atoms with van der Waals surface area (Å²) < 4.78 is 0. The molecule has 0 unspecified atom stereocenters. The normalized spacial score (nSPS) is 10.9. The summed E-state index contributed by atoms with van der Waals surface area (Å²) in [5.74, 6) is -0.562. The fraction of sp³-hybridized carbons (Fsp3) is 0.280. The molecule has 0 saturated heterocycles. The number of hydrogen-bond donors (Lipinski definition) is 5. The summed E-state index contributed by atoms with van der Waals surface area (Å²) in [7, 11) is 2.08. The Morgan fingerprint density at radius 3 is 2.65 bits per heavy atom. The molecular weight excluding hydrogens is 428 g/mol. The molecule has 178 valence electrons. The Bertz CT molecular complexity index is 1130. The number of hydrogen-bond acceptors (Lipinski definition) is 8. The molecule has 0 radical (unpaired) electrons. The standard InChI is InChI=1S/C25H32N8O/c1-3-33(2)9-8-29-15-20-5-6-21(16-31-20)32-25(34)24(28)22-11-18(4-7-23(22)27)19-10-17(12-26)13-30-14-19/h4-7,10-11,13-14,16,28-29H,3,8-9,12,15,26-27H2,1-2H3,(H,32,34). The van der Waals surface area contributed by atoms with Crippen molar-refractivity contribution in [1.29, 1.82) is 5.41 Å². The van der Waals surface area contributed by atoms with Crippen LogP contribution in [0.5, 0.6) is 0 Å². The van der Waals surface area contributed by atoms with E-state index in [0.717, 1.165) is 42.0 Å². The van der Waals surface area contributed by atoms with Crippen LogP contribution in [0.3, 0.4) is 0 Å². The maximum atomic E-state index is 12.7. The van der Waals surface area contributed by atoms with Crippen LogP contribution in [0.1, 0.15) is 23.7 Å². The summed E-state index contributed by atoms with van der Waals surface area (Å²) in [6.45, 7) is 5.99. The van der Waals surface area contributed by atoms with Crippen molar-refractivity contribution in [2.24, 2.45) is 5.73 Å². The van der Waals surface area contributed by atoms with Gasteiger partial charge in [-0.1, -0.05) is 13.0 Å². The number of amides is 1. The fourth-order valence-electron chi connectivity index (χ4n) is 3.27. The van der Waals surface area contributed by atoms with Gasteiger partial charge in [0.05, 0.1) is 17.6 Å². The average molecular weight is 461 g/mol. The number of nitrogens with zero attached hydrogens (tertiary/aromatic N) is 3. The van der Waals surface area contributed by atoms with Gasteiger partial charge in [0.15, 0.2) is 0 Å². The number of benzene rings is 1. The predicted molar refractivity (Wildman–Crippen MR) is 137 cm³/mol. The molecule has 9 heteroatoms. The molecule has 3 rings (SSSR count). The summed E-state index contributed by atoms with van der Waals surface area (Å²) >= 11 is 0. The van der Waals surface area contributed by atoms with Crippen LogP contribution in [-0.4, -0.2) is 53.2 Å². The highest BCUT2D eigenvalue weighted by Gasteiger charge is 2.16. The van der Waals surface area contributed by atoms with Gasteiger partial charge >= 0.3 is 0 Å². The average Bonchev–Trinajstić information content (AvgIpc) is 2.87. The third kappa shape index (κ3) is 6.67. The maximum Gasteiger partial charge on any atom is 0.274 e. The zero-order valence-electron chi connectivity index (χ0n) is 19.6. The highest BCUT2D eigenvalue weighted by Crippen LogP contribution is 2.25. The van der Waals surface area contributed by atoms with Gasteiger partial charge in [-0.15, -0.1) is 0 Å². The van der Waals surface area contributed by atoms with Crippen LogP contribution in [0.4, 0.5) is 11.4 Å². The van der Waals surface area contributed by atoms with Crippen LogP contribution in [0.15, 0.2) is 55.0 Å². The van der Waals surface area contributed by atoms with E-state index >= 15 is 0 Å². The van der Waals surface area contributed by atoms with E-state index in [9.17, 15) is 4.79 Å². The van der Waals surface area contributed by atoms with Crippen molar-refractivity contribution in [3.8, 4) is 11.1 Å². The summed E-state index contributed by atoms with van der Waals surface area (Å²) in [5.41, 5.74) is 16.2. The van der Waals surface area contributed by atoms with Crippen LogP contribution < -0.4 is 22.1 Å². The molecule has 0 aliphatic carbocycles. The lowest BCUT2D eigenvalue weighted by Gasteiger charge is -2.14. The molecule has 9 nitrogen and oxygen atoms in total. The van der Waals surface area contributed by atoms with Crippen LogP contribution in [-0.2, 0) is 17.9 Å². The molecule has 7 N–H and O–H groups in total. The highest BCUT2D eigenvalue weighted by atomic mass is 16.1. The molecular formula is C25H32N8O. The molecule has 0 saturated carbocycles. The van der Waals surface area contributed by atoms with Crippen LogP contribution in [0, 0.1) is 5.41 Å². The first kappa shape index (κ1) is 25.0. The topological polar surface area (TPSA) is 146 Å². The number of nitrogens with one attached hydrogen (secondary N) is 3. The molecule has 34 heavy (non-hydrogen) atoms. The molecule has 3 aromatic rings. The maximum absolute atomic E-state index is 12.7. The van der Waals surface area contributed by atoms with Crippen molar-refractivity contribution in [3.05, 3.63) is 71.8 Å². The van der Waals surface area contributed by atoms with Gasteiger partial charge in [-0.2, -0.15) is 0 Å². The van der Waals surface area contributed by atoms with E-state index in [1.54, 1.807) is 36.8 Å². The molecule has 1 aromatic carbocycles. The second-order valence-electron chi connectivity index (χ2n) is 8.03. The Hall–Kier alpha value is -3.66. The number of carbonyl (C=O) groups excluding carboxylic acids is 1. The minimum atomic E-state index is -0.562. The number of carbonyl (C=O) groups is 1. The van der Waals surface area contributed by atoms with Crippen molar-refractivity contribution < 1.29 is 4.79 Å². The van der Waals surface area contributed by atoms with E-state index in [2.05, 4.69) is 39.5 Å². The van der Waals surface area contributed by atoms with E-state index in [0.29, 0.717) is 30.0 Å². The van der Waals surface area contributed by atoms with E-state index in [1.165, 1.54) is 0 Å². The number of rotatable bonds is 11. The minimum absolute atomic E-state index is 0.229. The molecule has 2 aromatic heterocycles. The van der Waals surface area contributed by atoms with E-state index in [4.69, 9.17) is 16.9 Å². The third-order valence-electron chi connectivity index (χ3n) is 5.51. The number of aromatic nitrogens is 2. The monoisotopic (exact) mass is 460 g/mol. The quantitative estimate of drug-likeness (QED) is 0.167. The Labute approximate surface area is 200 Å². The SMILES string of the molecule is CCN(C)CCNCc1ccc(NC(=O)C(=N)c2cc(-c3cncc(CN)c3)ccc2N)cn1. The second kappa shape index (κ2) is 12.0. The third-order valence-corrected chi connectivity index (χ3v) is 5.51. The molecule has 0 aliphatic heterocycles. The molecule has 0 bridgehead atoms. The lowest BCUT2D eigenvalue weighted by Crippen LogP contribution is -2.29. The molecule has 0 atom stereocenters. The number of likely N-dealkylation sites (N-methyl/N-ethyl adjacent to an activating group) is 1. The van der Waals surface area contributed by atoms with Crippen molar-refractivity contribution in [1.82, 2.24) is 20.2 Å². The van der Waals surface area contributed by atoms with Crippen molar-refractivity contribution in [2.45, 2.75) is 20.0 Å². The van der Waals surface area contributed by atoms with Crippen LogP contribution >= 0.6 is 0 Å². The minimum Gasteiger partial charge on any atom is -0.398 e. The van der Waals surface area contributed by atoms with Crippen LogP contribution in [0.25, 0.3) is 11.1 Å². The van der Waals surface area contributed by atoms with Crippen molar-refractivity contribution in [3.63, 3.8) is 0 Å². The van der Waals surface area contributed by atoms with Gasteiger partial charge in [0.25, 0.3) is 5.91 Å². The first-order valence-electron chi connectivity index (χ1n) is 11.2. The zero-order valence-corrected chi connectivity index (χ0v) is 19.6. The fourth-order valence-corrected chi connectivity index (χ4v) is 3.27. The first-order valence-corrected chi connectivity index (χ1v) is 11.2. The summed E-state index contributed by atoms with van der Waals surface area (Å²) in [6, 6.07) is 10.8. The van der Waals surface area contributed by atoms with Crippen molar-refractivity contribution >= 4 is 23.0 Å². The van der Waals surface area contributed by atoms with E-state index in [-0.39, 0.29) is 5.71 Å². The summed E-state index contributed by atoms with van der Waals surface area (Å²) in [4.78, 5) is 23.6. The Kier molecular flexibility index (Phi) is 8.80. The Morgan fingerprint density at radius 1 is 1.12 bits per heavy atom. The second-order valence-corrected chi connectivity index (χ2v) is 8.03. The van der Waals surface area contributed by atoms with Gasteiger partial charge in [0.1, 0.15) is 5.71 Å². The highest BCUT2D eigenvalue weighted by molar-refractivity contribution is 6.48. The smallest absolute Gasteiger partial charge is 0.274 e. The van der Waals surface area contributed by atoms with E-state index in [1.807, 2.05) is 18.2 Å². The number of nitrogens with two attached hydrogens (primary N) is 2. The Morgan fingerprint density at radius 2 is 1.94 bits per heavy atom. The summed E-state index contributed by atoms with van der Waals surface area (Å²) in [6.07, 6.45) is 5.00. The lowest BCUT2D eigenvalue weighted by molar-refractivity contribution is -0.110. The predicted octanol–water partition coefficient (Wildman–Crippen LogP) is 2.23. The van der Waals surface area contributed by atoms with Gasteiger partial charge in [-0.3, -0.25) is 20.2 Å². The van der Waals surface area contributed by atoms with Gasteiger partial charge in [-0.05, 0) is 55.1 Å². The molecule has 0 fully saturated rings. The number of pyridine rings is 2. The van der Waals surface area contributed by atoms with Crippen molar-refractivity contribution in [2.75, 3.05) is 37.7 Å². The van der Waals surface area contributed by atoms with Gasteiger partial charge in [0, 0.05) is 55.4 Å². The number of anilines is 2. The van der Waals surface area contributed by atoms with Gasteiger partial charge < -0.3 is 27.0 Å². The van der Waals surface area contributed by atoms with Gasteiger partial charge in [0.2, 0.25) is 0 Å². The molecule has 2 heterocycles. The van der Waals surface area contributed by atoms with Gasteiger partial charge in [-0.25, -0.2) is 0 Å². The van der Waals surface area contributed by atoms with E-state index < -0.39 is 5.91 Å². The zero-order chi connectivity index (χ0) is 24.5. The first-order chi connectivity index (χ1) is 16.4. The number of nitrogen functional groups attached to an aromatic ring is 1. The Balaban J connectivity index is 1.63. The largest absolute Gasteiger partial charge is 0.398 e. The molecule has 0 aliphatic rings. The molecule has 1 amide bonds. The summed E-state index contributed by atoms with van der Waals surface area (Å²) in [5, 5.41) is 14.5.